The quantitative estimate of drug-likeness (QED) is 0.857. The molecule has 0 heterocycles. The van der Waals surface area contributed by atoms with Gasteiger partial charge in [-0.05, 0) is 37.2 Å². The molecule has 3 heteroatoms. The zero-order chi connectivity index (χ0) is 15.5. The lowest BCUT2D eigenvalue weighted by molar-refractivity contribution is -0.137. The van der Waals surface area contributed by atoms with Crippen molar-refractivity contribution in [2.75, 3.05) is 0 Å². The molecule has 0 fully saturated rings. The molecule has 21 heavy (non-hydrogen) atoms. The average molecular weight is 288 g/mol. The van der Waals surface area contributed by atoms with Crippen molar-refractivity contribution in [2.45, 2.75) is 52.4 Å². The predicted molar refractivity (Wildman–Crippen MR) is 82.5 cm³/mol. The van der Waals surface area contributed by atoms with Crippen LogP contribution in [-0.4, -0.2) is 16.9 Å². The molecule has 1 N–H and O–H groups in total. The van der Waals surface area contributed by atoms with Gasteiger partial charge in [0, 0.05) is 17.4 Å². The minimum atomic E-state index is -0.754. The molecule has 2 atom stereocenters. The molecule has 3 nitrogen and oxygen atoms in total. The van der Waals surface area contributed by atoms with E-state index >= 15 is 0 Å². The molecule has 0 amide bonds. The van der Waals surface area contributed by atoms with E-state index in [-0.39, 0.29) is 23.5 Å². The van der Waals surface area contributed by atoms with Gasteiger partial charge in [0.1, 0.15) is 0 Å². The zero-order valence-electron chi connectivity index (χ0n) is 12.9. The van der Waals surface area contributed by atoms with Gasteiger partial charge in [0.2, 0.25) is 0 Å². The number of carboxylic acids is 1. The smallest absolute Gasteiger partial charge is 0.303 e. The number of aryl methyl sites for hydroxylation is 1. The van der Waals surface area contributed by atoms with Gasteiger partial charge in [0.15, 0.2) is 5.78 Å². The van der Waals surface area contributed by atoms with Crippen LogP contribution < -0.4 is 0 Å². The largest absolute Gasteiger partial charge is 0.481 e. The first-order valence-corrected chi connectivity index (χ1v) is 7.83. The van der Waals surface area contributed by atoms with Crippen LogP contribution in [0, 0.1) is 11.3 Å². The Morgan fingerprint density at radius 1 is 1.38 bits per heavy atom. The zero-order valence-corrected chi connectivity index (χ0v) is 12.9. The maximum atomic E-state index is 12.9. The van der Waals surface area contributed by atoms with E-state index < -0.39 is 5.97 Å². The number of fused-ring (bicyclic) bond motifs is 1. The first-order chi connectivity index (χ1) is 9.99. The SMILES string of the molecule is CCC(CCCC(=O)O)C1(C)CCc2ccccc2C1=O. The van der Waals surface area contributed by atoms with Crippen LogP contribution in [0.15, 0.2) is 24.3 Å². The van der Waals surface area contributed by atoms with Crippen LogP contribution in [0.3, 0.4) is 0 Å². The summed E-state index contributed by atoms with van der Waals surface area (Å²) in [6.07, 6.45) is 4.38. The molecule has 1 aromatic rings. The highest BCUT2D eigenvalue weighted by Crippen LogP contribution is 2.44. The van der Waals surface area contributed by atoms with Gasteiger partial charge in [-0.15, -0.1) is 0 Å². The van der Waals surface area contributed by atoms with Crippen LogP contribution in [-0.2, 0) is 11.2 Å². The van der Waals surface area contributed by atoms with Gasteiger partial charge in [0.25, 0.3) is 0 Å². The van der Waals surface area contributed by atoms with Crippen LogP contribution in [0.2, 0.25) is 0 Å². The van der Waals surface area contributed by atoms with Crippen molar-refractivity contribution >= 4 is 11.8 Å². The topological polar surface area (TPSA) is 54.4 Å². The molecule has 2 unspecified atom stereocenters. The Balaban J connectivity index is 2.17. The van der Waals surface area contributed by atoms with E-state index in [9.17, 15) is 9.59 Å². The van der Waals surface area contributed by atoms with Crippen LogP contribution >= 0.6 is 0 Å². The Labute approximate surface area is 126 Å². The number of Topliss-reactive ketones (excluding diaryl/α,β-unsaturated/α-hetero) is 1. The van der Waals surface area contributed by atoms with Gasteiger partial charge in [-0.3, -0.25) is 9.59 Å². The highest BCUT2D eigenvalue weighted by atomic mass is 16.4. The maximum Gasteiger partial charge on any atom is 0.303 e. The summed E-state index contributed by atoms with van der Waals surface area (Å²) in [5.41, 5.74) is 1.67. The summed E-state index contributed by atoms with van der Waals surface area (Å²) < 4.78 is 0. The third kappa shape index (κ3) is 3.17. The molecule has 1 aliphatic rings. The minimum absolute atomic E-state index is 0.192. The van der Waals surface area contributed by atoms with Gasteiger partial charge in [-0.1, -0.05) is 44.5 Å². The molecule has 0 aliphatic heterocycles. The lowest BCUT2D eigenvalue weighted by Gasteiger charge is -2.40. The molecule has 0 radical (unpaired) electrons. The second kappa shape index (κ2) is 6.42. The van der Waals surface area contributed by atoms with Crippen molar-refractivity contribution in [3.8, 4) is 0 Å². The van der Waals surface area contributed by atoms with Crippen molar-refractivity contribution < 1.29 is 14.7 Å². The molecule has 0 saturated heterocycles. The van der Waals surface area contributed by atoms with E-state index in [0.29, 0.717) is 6.42 Å². The molecule has 1 aliphatic carbocycles. The third-order valence-electron chi connectivity index (χ3n) is 5.03. The second-order valence-electron chi connectivity index (χ2n) is 6.29. The Morgan fingerprint density at radius 3 is 2.76 bits per heavy atom. The van der Waals surface area contributed by atoms with Crippen LogP contribution in [0.5, 0.6) is 0 Å². The molecule has 114 valence electrons. The number of benzene rings is 1. The van der Waals surface area contributed by atoms with E-state index in [4.69, 9.17) is 5.11 Å². The normalized spacial score (nSPS) is 22.7. The van der Waals surface area contributed by atoms with Crippen molar-refractivity contribution in [1.82, 2.24) is 0 Å². The third-order valence-corrected chi connectivity index (χ3v) is 5.03. The summed E-state index contributed by atoms with van der Waals surface area (Å²) in [6, 6.07) is 7.88. The minimum Gasteiger partial charge on any atom is -0.481 e. The molecule has 0 saturated carbocycles. The van der Waals surface area contributed by atoms with Crippen molar-refractivity contribution in [2.24, 2.45) is 11.3 Å². The number of ketones is 1. The summed E-state index contributed by atoms with van der Waals surface area (Å²) in [6.45, 7) is 4.17. The highest BCUT2D eigenvalue weighted by molar-refractivity contribution is 6.02. The maximum absolute atomic E-state index is 12.9. The van der Waals surface area contributed by atoms with Crippen molar-refractivity contribution in [3.63, 3.8) is 0 Å². The Hall–Kier alpha value is -1.64. The second-order valence-corrected chi connectivity index (χ2v) is 6.29. The van der Waals surface area contributed by atoms with E-state index in [1.165, 1.54) is 0 Å². The van der Waals surface area contributed by atoms with E-state index in [1.54, 1.807) is 0 Å². The number of rotatable bonds is 6. The average Bonchev–Trinajstić information content (AvgIpc) is 2.47. The van der Waals surface area contributed by atoms with Gasteiger partial charge >= 0.3 is 5.97 Å². The number of carboxylic acid groups (broad SMARTS) is 1. The molecular weight excluding hydrogens is 264 g/mol. The van der Waals surface area contributed by atoms with E-state index in [1.807, 2.05) is 24.3 Å². The fourth-order valence-electron chi connectivity index (χ4n) is 3.64. The summed E-state index contributed by atoms with van der Waals surface area (Å²) in [5, 5.41) is 8.79. The van der Waals surface area contributed by atoms with Gasteiger partial charge in [-0.25, -0.2) is 0 Å². The lowest BCUT2D eigenvalue weighted by Crippen LogP contribution is -2.39. The fraction of sp³-hybridized carbons (Fsp3) is 0.556. The summed E-state index contributed by atoms with van der Waals surface area (Å²) in [5.74, 6) is -0.250. The van der Waals surface area contributed by atoms with Gasteiger partial charge in [0.05, 0.1) is 0 Å². The number of carbonyl (C=O) groups is 2. The Morgan fingerprint density at radius 2 is 2.10 bits per heavy atom. The summed E-state index contributed by atoms with van der Waals surface area (Å²) in [7, 11) is 0. The lowest BCUT2D eigenvalue weighted by atomic mass is 9.62. The van der Waals surface area contributed by atoms with Crippen LogP contribution in [0.4, 0.5) is 0 Å². The van der Waals surface area contributed by atoms with Crippen molar-refractivity contribution in [1.29, 1.82) is 0 Å². The Kier molecular flexibility index (Phi) is 4.81. The highest BCUT2D eigenvalue weighted by Gasteiger charge is 2.43. The standard InChI is InChI=1S/C18H24O3/c1-3-14(8-6-10-16(19)20)18(2)12-11-13-7-4-5-9-15(13)17(18)21/h4-5,7,9,14H,3,6,8,10-12H2,1-2H3,(H,19,20). The van der Waals surface area contributed by atoms with E-state index in [2.05, 4.69) is 13.8 Å². The molecule has 1 aromatic carbocycles. The summed E-state index contributed by atoms with van der Waals surface area (Å²) >= 11 is 0. The van der Waals surface area contributed by atoms with Crippen LogP contribution in [0.25, 0.3) is 0 Å². The molecule has 0 spiro atoms. The fourth-order valence-corrected chi connectivity index (χ4v) is 3.64. The molecule has 0 aromatic heterocycles. The number of hydrogen-bond acceptors (Lipinski definition) is 2. The number of carbonyl (C=O) groups excluding carboxylic acids is 1. The Bertz CT molecular complexity index is 535. The van der Waals surface area contributed by atoms with Crippen molar-refractivity contribution in [3.05, 3.63) is 35.4 Å². The first-order valence-electron chi connectivity index (χ1n) is 7.83. The van der Waals surface area contributed by atoms with Crippen LogP contribution in [0.1, 0.15) is 61.9 Å². The van der Waals surface area contributed by atoms with E-state index in [0.717, 1.165) is 36.8 Å². The molecule has 0 bridgehead atoms. The molecular formula is C18H24O3. The summed E-state index contributed by atoms with van der Waals surface area (Å²) in [4.78, 5) is 23.6. The molecule has 2 rings (SSSR count). The first kappa shape index (κ1) is 15.7. The number of aliphatic carboxylic acids is 1. The number of hydrogen-bond donors (Lipinski definition) is 1. The van der Waals surface area contributed by atoms with Gasteiger partial charge < -0.3 is 5.11 Å². The van der Waals surface area contributed by atoms with Gasteiger partial charge in [-0.2, -0.15) is 0 Å². The monoisotopic (exact) mass is 288 g/mol. The predicted octanol–water partition coefficient (Wildman–Crippen LogP) is 4.10.